The fourth-order valence-electron chi connectivity index (χ4n) is 2.36. The quantitative estimate of drug-likeness (QED) is 0.795. The molecule has 0 radical (unpaired) electrons. The first-order valence-corrected chi connectivity index (χ1v) is 7.29. The van der Waals surface area contributed by atoms with E-state index < -0.39 is 0 Å². The minimum absolute atomic E-state index is 0.122. The lowest BCUT2D eigenvalue weighted by atomic mass is 10.2. The SMILES string of the molecule is Cc1cccc2nc(CCCl)n(CCC(=O)N(C)C)c12. The molecule has 0 spiro atoms. The molecule has 2 rings (SSSR count). The van der Waals surface area contributed by atoms with Crippen LogP contribution in [0.15, 0.2) is 18.2 Å². The van der Waals surface area contributed by atoms with Crippen LogP contribution in [0, 0.1) is 6.92 Å². The van der Waals surface area contributed by atoms with E-state index >= 15 is 0 Å². The Labute approximate surface area is 124 Å². The van der Waals surface area contributed by atoms with Crippen molar-refractivity contribution in [1.82, 2.24) is 14.5 Å². The summed E-state index contributed by atoms with van der Waals surface area (Å²) in [7, 11) is 3.55. The van der Waals surface area contributed by atoms with Gasteiger partial charge in [-0.15, -0.1) is 11.6 Å². The lowest BCUT2D eigenvalue weighted by molar-refractivity contribution is -0.128. The van der Waals surface area contributed by atoms with E-state index in [-0.39, 0.29) is 5.91 Å². The Morgan fingerprint density at radius 3 is 2.80 bits per heavy atom. The molecule has 108 valence electrons. The fourth-order valence-corrected chi connectivity index (χ4v) is 2.53. The van der Waals surface area contributed by atoms with Crippen molar-refractivity contribution in [2.45, 2.75) is 26.3 Å². The molecule has 1 amide bonds. The van der Waals surface area contributed by atoms with Crippen LogP contribution in [0.4, 0.5) is 0 Å². The number of hydrogen-bond donors (Lipinski definition) is 0. The van der Waals surface area contributed by atoms with E-state index in [4.69, 9.17) is 11.6 Å². The number of nitrogens with zero attached hydrogens (tertiary/aromatic N) is 3. The summed E-state index contributed by atoms with van der Waals surface area (Å²) >= 11 is 5.86. The van der Waals surface area contributed by atoms with Crippen LogP contribution in [0.1, 0.15) is 17.8 Å². The Morgan fingerprint density at radius 2 is 2.15 bits per heavy atom. The molecule has 1 aromatic heterocycles. The first-order valence-electron chi connectivity index (χ1n) is 6.75. The Kier molecular flexibility index (Phi) is 4.65. The highest BCUT2D eigenvalue weighted by atomic mass is 35.5. The van der Waals surface area contributed by atoms with Crippen LogP contribution in [0.25, 0.3) is 11.0 Å². The van der Waals surface area contributed by atoms with Crippen LogP contribution < -0.4 is 0 Å². The van der Waals surface area contributed by atoms with Gasteiger partial charge in [0, 0.05) is 39.4 Å². The van der Waals surface area contributed by atoms with E-state index in [2.05, 4.69) is 22.5 Å². The fraction of sp³-hybridized carbons (Fsp3) is 0.467. The van der Waals surface area contributed by atoms with Gasteiger partial charge >= 0.3 is 0 Å². The summed E-state index contributed by atoms with van der Waals surface area (Å²) in [5.74, 6) is 1.61. The molecule has 0 atom stereocenters. The first kappa shape index (κ1) is 14.9. The topological polar surface area (TPSA) is 38.1 Å². The van der Waals surface area contributed by atoms with Crippen molar-refractivity contribution in [3.8, 4) is 0 Å². The Morgan fingerprint density at radius 1 is 1.40 bits per heavy atom. The maximum atomic E-state index is 11.8. The van der Waals surface area contributed by atoms with E-state index in [0.717, 1.165) is 16.9 Å². The van der Waals surface area contributed by atoms with Gasteiger partial charge in [0.05, 0.1) is 11.0 Å². The van der Waals surface area contributed by atoms with Gasteiger partial charge < -0.3 is 9.47 Å². The maximum absolute atomic E-state index is 11.8. The number of alkyl halides is 1. The van der Waals surface area contributed by atoms with Gasteiger partial charge in [0.2, 0.25) is 5.91 Å². The second-order valence-electron chi connectivity index (χ2n) is 5.10. The van der Waals surface area contributed by atoms with E-state index in [0.29, 0.717) is 25.3 Å². The molecule has 0 fully saturated rings. The van der Waals surface area contributed by atoms with Crippen LogP contribution in [-0.4, -0.2) is 40.3 Å². The zero-order chi connectivity index (χ0) is 14.7. The van der Waals surface area contributed by atoms with Crippen molar-refractivity contribution in [1.29, 1.82) is 0 Å². The van der Waals surface area contributed by atoms with Gasteiger partial charge in [-0.3, -0.25) is 4.79 Å². The van der Waals surface area contributed by atoms with E-state index in [1.54, 1.807) is 19.0 Å². The van der Waals surface area contributed by atoms with Crippen LogP contribution in [0.2, 0.25) is 0 Å². The van der Waals surface area contributed by atoms with E-state index in [1.165, 1.54) is 5.56 Å². The highest BCUT2D eigenvalue weighted by Crippen LogP contribution is 2.21. The Balaban J connectivity index is 2.38. The standard InChI is InChI=1S/C15H20ClN3O/c1-11-5-4-6-12-15(11)19(13(17-12)7-9-16)10-8-14(20)18(2)3/h4-6H,7-10H2,1-3H3. The van der Waals surface area contributed by atoms with Gasteiger partial charge in [0.25, 0.3) is 0 Å². The van der Waals surface area contributed by atoms with Crippen LogP contribution in [0.3, 0.4) is 0 Å². The van der Waals surface area contributed by atoms with Gasteiger partial charge in [0.15, 0.2) is 0 Å². The summed E-state index contributed by atoms with van der Waals surface area (Å²) in [6, 6.07) is 6.08. The molecule has 1 heterocycles. The third kappa shape index (κ3) is 2.96. The summed E-state index contributed by atoms with van der Waals surface area (Å²) in [6.45, 7) is 2.71. The van der Waals surface area contributed by atoms with Gasteiger partial charge in [-0.25, -0.2) is 4.98 Å². The number of rotatable bonds is 5. The zero-order valence-corrected chi connectivity index (χ0v) is 12.9. The third-order valence-electron chi connectivity index (χ3n) is 3.41. The monoisotopic (exact) mass is 293 g/mol. The second kappa shape index (κ2) is 6.27. The highest BCUT2D eigenvalue weighted by molar-refractivity contribution is 6.17. The molecule has 0 aliphatic rings. The molecule has 4 nitrogen and oxygen atoms in total. The highest BCUT2D eigenvalue weighted by Gasteiger charge is 2.13. The number of halogens is 1. The second-order valence-corrected chi connectivity index (χ2v) is 5.48. The number of imidazole rings is 1. The van der Waals surface area contributed by atoms with Crippen LogP contribution >= 0.6 is 11.6 Å². The number of hydrogen-bond acceptors (Lipinski definition) is 2. The number of aryl methyl sites for hydroxylation is 3. The molecule has 0 unspecified atom stereocenters. The molecule has 0 aliphatic carbocycles. The Hall–Kier alpha value is -1.55. The Bertz CT molecular complexity index is 619. The molecule has 5 heteroatoms. The van der Waals surface area contributed by atoms with Gasteiger partial charge in [-0.2, -0.15) is 0 Å². The minimum Gasteiger partial charge on any atom is -0.349 e. The summed E-state index contributed by atoms with van der Waals surface area (Å²) in [5.41, 5.74) is 3.26. The third-order valence-corrected chi connectivity index (χ3v) is 3.60. The van der Waals surface area contributed by atoms with E-state index in [9.17, 15) is 4.79 Å². The molecule has 0 saturated heterocycles. The molecule has 0 bridgehead atoms. The lowest BCUT2D eigenvalue weighted by Gasteiger charge is -2.13. The predicted octanol–water partition coefficient (Wildman–Crippen LogP) is 2.60. The number of amides is 1. The maximum Gasteiger partial charge on any atom is 0.223 e. The molecule has 0 saturated carbocycles. The average molecular weight is 294 g/mol. The molecule has 1 aromatic carbocycles. The number of carbonyl (C=O) groups is 1. The van der Waals surface area contributed by atoms with Crippen molar-refractivity contribution < 1.29 is 4.79 Å². The largest absolute Gasteiger partial charge is 0.349 e. The normalized spacial score (nSPS) is 11.0. The van der Waals surface area contributed by atoms with Gasteiger partial charge in [-0.05, 0) is 18.6 Å². The first-order chi connectivity index (χ1) is 9.54. The van der Waals surface area contributed by atoms with Gasteiger partial charge in [-0.1, -0.05) is 12.1 Å². The number of para-hydroxylation sites is 1. The van der Waals surface area contributed by atoms with Gasteiger partial charge in [0.1, 0.15) is 5.82 Å². The van der Waals surface area contributed by atoms with Crippen molar-refractivity contribution in [3.05, 3.63) is 29.6 Å². The molecular formula is C15H20ClN3O. The zero-order valence-electron chi connectivity index (χ0n) is 12.2. The summed E-state index contributed by atoms with van der Waals surface area (Å²) < 4.78 is 2.13. The molecule has 0 aliphatic heterocycles. The number of carbonyl (C=O) groups excluding carboxylic acids is 1. The molecule has 0 N–H and O–H groups in total. The summed E-state index contributed by atoms with van der Waals surface area (Å²) in [4.78, 5) is 18.1. The molecular weight excluding hydrogens is 274 g/mol. The number of aromatic nitrogens is 2. The van der Waals surface area contributed by atoms with E-state index in [1.807, 2.05) is 12.1 Å². The van der Waals surface area contributed by atoms with Crippen LogP contribution in [0.5, 0.6) is 0 Å². The van der Waals surface area contributed by atoms with Crippen molar-refractivity contribution in [2.24, 2.45) is 0 Å². The number of benzene rings is 1. The number of fused-ring (bicyclic) bond motifs is 1. The van der Waals surface area contributed by atoms with Crippen LogP contribution in [-0.2, 0) is 17.8 Å². The van der Waals surface area contributed by atoms with Crippen molar-refractivity contribution in [3.63, 3.8) is 0 Å². The predicted molar refractivity (Wildman–Crippen MR) is 82.2 cm³/mol. The van der Waals surface area contributed by atoms with Crippen molar-refractivity contribution in [2.75, 3.05) is 20.0 Å². The van der Waals surface area contributed by atoms with Crippen molar-refractivity contribution >= 4 is 28.5 Å². The summed E-state index contributed by atoms with van der Waals surface area (Å²) in [6.07, 6.45) is 1.19. The smallest absolute Gasteiger partial charge is 0.223 e. The average Bonchev–Trinajstić information content (AvgIpc) is 2.75. The molecule has 2 aromatic rings. The lowest BCUT2D eigenvalue weighted by Crippen LogP contribution is -2.23. The summed E-state index contributed by atoms with van der Waals surface area (Å²) in [5, 5.41) is 0. The molecule has 20 heavy (non-hydrogen) atoms. The minimum atomic E-state index is 0.122.